The van der Waals surface area contributed by atoms with Crippen molar-refractivity contribution in [2.75, 3.05) is 26.7 Å². The van der Waals surface area contributed by atoms with Gasteiger partial charge in [-0.25, -0.2) is 9.50 Å². The van der Waals surface area contributed by atoms with Crippen molar-refractivity contribution >= 4 is 11.6 Å². The lowest BCUT2D eigenvalue weighted by Crippen LogP contribution is -2.40. The molecule has 3 heterocycles. The predicted molar refractivity (Wildman–Crippen MR) is 116 cm³/mol. The minimum atomic E-state index is -0.141. The summed E-state index contributed by atoms with van der Waals surface area (Å²) in [6.45, 7) is 6.52. The SMILES string of the molecule is COc1ccc(C(CNC(=O)c2cnn3c(C)cc(C)nc23)N2CCCCC2)cc1. The van der Waals surface area contributed by atoms with E-state index in [0.29, 0.717) is 17.8 Å². The summed E-state index contributed by atoms with van der Waals surface area (Å²) in [6.07, 6.45) is 5.26. The second-order valence-electron chi connectivity index (χ2n) is 7.93. The van der Waals surface area contributed by atoms with Gasteiger partial charge in [-0.2, -0.15) is 5.10 Å². The number of rotatable bonds is 6. The molecule has 1 aliphatic rings. The molecule has 1 amide bonds. The first-order valence-electron chi connectivity index (χ1n) is 10.5. The third-order valence-electron chi connectivity index (χ3n) is 5.81. The van der Waals surface area contributed by atoms with Crippen LogP contribution >= 0.6 is 0 Å². The molecule has 7 heteroatoms. The summed E-state index contributed by atoms with van der Waals surface area (Å²) in [5, 5.41) is 7.48. The summed E-state index contributed by atoms with van der Waals surface area (Å²) >= 11 is 0. The number of amides is 1. The van der Waals surface area contributed by atoms with E-state index >= 15 is 0 Å². The number of fused-ring (bicyclic) bond motifs is 1. The normalized spacial score (nSPS) is 15.8. The van der Waals surface area contributed by atoms with Crippen molar-refractivity contribution in [2.45, 2.75) is 39.2 Å². The number of likely N-dealkylation sites (tertiary alicyclic amines) is 1. The highest BCUT2D eigenvalue weighted by atomic mass is 16.5. The van der Waals surface area contributed by atoms with E-state index in [1.807, 2.05) is 32.0 Å². The van der Waals surface area contributed by atoms with E-state index in [-0.39, 0.29) is 11.9 Å². The number of hydrogen-bond acceptors (Lipinski definition) is 5. The highest BCUT2D eigenvalue weighted by molar-refractivity contribution is 5.99. The van der Waals surface area contributed by atoms with Gasteiger partial charge in [-0.3, -0.25) is 9.69 Å². The summed E-state index contributed by atoms with van der Waals surface area (Å²) in [4.78, 5) is 20.0. The van der Waals surface area contributed by atoms with Crippen LogP contribution in [0.5, 0.6) is 5.75 Å². The summed E-state index contributed by atoms with van der Waals surface area (Å²) in [5.41, 5.74) is 4.13. The molecule has 7 nitrogen and oxygen atoms in total. The summed E-state index contributed by atoms with van der Waals surface area (Å²) in [6, 6.07) is 10.2. The van der Waals surface area contributed by atoms with Gasteiger partial charge in [0.2, 0.25) is 0 Å². The summed E-state index contributed by atoms with van der Waals surface area (Å²) in [7, 11) is 1.67. The number of ether oxygens (including phenoxy) is 1. The molecule has 0 bridgehead atoms. The van der Waals surface area contributed by atoms with E-state index in [2.05, 4.69) is 32.4 Å². The van der Waals surface area contributed by atoms with Crippen LogP contribution in [0.4, 0.5) is 0 Å². The molecule has 2 aromatic heterocycles. The standard InChI is InChI=1S/C23H29N5O2/c1-16-13-17(2)28-22(26-16)20(14-25-28)23(29)24-15-21(27-11-5-4-6-12-27)18-7-9-19(30-3)10-8-18/h7-10,13-14,21H,4-6,11-12,15H2,1-3H3,(H,24,29). The van der Waals surface area contributed by atoms with Gasteiger partial charge in [0.05, 0.1) is 19.3 Å². The molecule has 1 N–H and O–H groups in total. The molecule has 0 radical (unpaired) electrons. The van der Waals surface area contributed by atoms with Crippen molar-refractivity contribution in [1.82, 2.24) is 24.8 Å². The van der Waals surface area contributed by atoms with Crippen LogP contribution in [-0.4, -0.2) is 52.1 Å². The van der Waals surface area contributed by atoms with Crippen molar-refractivity contribution in [3.63, 3.8) is 0 Å². The zero-order valence-electron chi connectivity index (χ0n) is 17.9. The van der Waals surface area contributed by atoms with Crippen LogP contribution < -0.4 is 10.1 Å². The zero-order valence-corrected chi connectivity index (χ0v) is 17.9. The highest BCUT2D eigenvalue weighted by Gasteiger charge is 2.24. The van der Waals surface area contributed by atoms with Gasteiger partial charge in [0.15, 0.2) is 5.65 Å². The molecular formula is C23H29N5O2. The monoisotopic (exact) mass is 407 g/mol. The fourth-order valence-corrected chi connectivity index (χ4v) is 4.23. The number of nitrogens with zero attached hydrogens (tertiary/aromatic N) is 4. The van der Waals surface area contributed by atoms with E-state index in [0.717, 1.165) is 30.2 Å². The maximum absolute atomic E-state index is 13.0. The lowest BCUT2D eigenvalue weighted by molar-refractivity contribution is 0.0926. The maximum Gasteiger partial charge on any atom is 0.256 e. The number of carbonyl (C=O) groups is 1. The lowest BCUT2D eigenvalue weighted by Gasteiger charge is -2.35. The Hall–Kier alpha value is -2.93. The average Bonchev–Trinajstić information content (AvgIpc) is 3.19. The molecule has 158 valence electrons. The van der Waals surface area contributed by atoms with Crippen molar-refractivity contribution in [1.29, 1.82) is 0 Å². The molecule has 1 aliphatic heterocycles. The Labute approximate surface area is 177 Å². The molecule has 3 aromatic rings. The predicted octanol–water partition coefficient (Wildman–Crippen LogP) is 3.31. The Morgan fingerprint density at radius 1 is 1.17 bits per heavy atom. The van der Waals surface area contributed by atoms with Crippen LogP contribution in [0.25, 0.3) is 5.65 Å². The number of hydrogen-bond donors (Lipinski definition) is 1. The van der Waals surface area contributed by atoms with Gasteiger partial charge in [0, 0.05) is 17.9 Å². The number of methoxy groups -OCH3 is 1. The first-order chi connectivity index (χ1) is 14.6. The number of benzene rings is 1. The molecule has 0 saturated carbocycles. The van der Waals surface area contributed by atoms with Gasteiger partial charge < -0.3 is 10.1 Å². The number of aromatic nitrogens is 3. The van der Waals surface area contributed by atoms with E-state index in [1.165, 1.54) is 24.8 Å². The smallest absolute Gasteiger partial charge is 0.256 e. The first kappa shape index (κ1) is 20.3. The van der Waals surface area contributed by atoms with Gasteiger partial charge >= 0.3 is 0 Å². The Bertz CT molecular complexity index is 1020. The summed E-state index contributed by atoms with van der Waals surface area (Å²) in [5.74, 6) is 0.696. The third-order valence-corrected chi connectivity index (χ3v) is 5.81. The highest BCUT2D eigenvalue weighted by Crippen LogP contribution is 2.26. The molecule has 1 aromatic carbocycles. The van der Waals surface area contributed by atoms with E-state index in [9.17, 15) is 4.79 Å². The maximum atomic E-state index is 13.0. The Morgan fingerprint density at radius 3 is 2.60 bits per heavy atom. The second-order valence-corrected chi connectivity index (χ2v) is 7.93. The third kappa shape index (κ3) is 4.16. The summed E-state index contributed by atoms with van der Waals surface area (Å²) < 4.78 is 7.02. The van der Waals surface area contributed by atoms with Crippen LogP contribution in [0.15, 0.2) is 36.5 Å². The minimum Gasteiger partial charge on any atom is -0.497 e. The first-order valence-corrected chi connectivity index (χ1v) is 10.5. The van der Waals surface area contributed by atoms with Gasteiger partial charge in [0.25, 0.3) is 5.91 Å². The fourth-order valence-electron chi connectivity index (χ4n) is 4.23. The molecule has 1 atom stereocenters. The van der Waals surface area contributed by atoms with Crippen molar-refractivity contribution in [2.24, 2.45) is 0 Å². The fraction of sp³-hybridized carbons (Fsp3) is 0.435. The number of piperidine rings is 1. The molecule has 4 rings (SSSR count). The van der Waals surface area contributed by atoms with E-state index < -0.39 is 0 Å². The number of aryl methyl sites for hydroxylation is 2. The minimum absolute atomic E-state index is 0.124. The van der Waals surface area contributed by atoms with Gasteiger partial charge in [-0.15, -0.1) is 0 Å². The Kier molecular flexibility index (Phi) is 5.99. The average molecular weight is 408 g/mol. The quantitative estimate of drug-likeness (QED) is 0.679. The lowest BCUT2D eigenvalue weighted by atomic mass is 10.0. The van der Waals surface area contributed by atoms with Gasteiger partial charge in [-0.1, -0.05) is 18.6 Å². The topological polar surface area (TPSA) is 71.8 Å². The Morgan fingerprint density at radius 2 is 1.90 bits per heavy atom. The molecule has 1 saturated heterocycles. The molecule has 1 unspecified atom stereocenters. The number of nitrogens with one attached hydrogen (secondary N) is 1. The van der Waals surface area contributed by atoms with Crippen LogP contribution in [0.3, 0.4) is 0 Å². The Balaban J connectivity index is 1.55. The molecule has 30 heavy (non-hydrogen) atoms. The molecule has 0 spiro atoms. The van der Waals surface area contributed by atoms with Crippen molar-refractivity contribution in [3.8, 4) is 5.75 Å². The zero-order chi connectivity index (χ0) is 21.1. The molecule has 0 aliphatic carbocycles. The van der Waals surface area contributed by atoms with Gasteiger partial charge in [-0.05, 0) is 63.5 Å². The molecule has 1 fully saturated rings. The van der Waals surface area contributed by atoms with Crippen molar-refractivity contribution in [3.05, 3.63) is 59.0 Å². The van der Waals surface area contributed by atoms with Gasteiger partial charge in [0.1, 0.15) is 11.3 Å². The largest absolute Gasteiger partial charge is 0.497 e. The van der Waals surface area contributed by atoms with Crippen molar-refractivity contribution < 1.29 is 9.53 Å². The van der Waals surface area contributed by atoms with E-state index in [1.54, 1.807) is 17.8 Å². The second kappa shape index (κ2) is 8.83. The molecular weight excluding hydrogens is 378 g/mol. The van der Waals surface area contributed by atoms with Crippen LogP contribution in [-0.2, 0) is 0 Å². The van der Waals surface area contributed by atoms with Crippen LogP contribution in [0.2, 0.25) is 0 Å². The number of carbonyl (C=O) groups excluding carboxylic acids is 1. The van der Waals surface area contributed by atoms with Crippen LogP contribution in [0.1, 0.15) is 52.6 Å². The van der Waals surface area contributed by atoms with Crippen LogP contribution in [0, 0.1) is 13.8 Å². The van der Waals surface area contributed by atoms with E-state index in [4.69, 9.17) is 4.74 Å².